The molecule has 2 nitrogen and oxygen atoms in total. The summed E-state index contributed by atoms with van der Waals surface area (Å²) in [5.74, 6) is 1.01. The molecule has 0 saturated heterocycles. The third-order valence-electron chi connectivity index (χ3n) is 1.48. The van der Waals surface area contributed by atoms with E-state index in [-0.39, 0.29) is 0 Å². The number of nitrogens with one attached hydrogen (secondary N) is 1. The Kier molecular flexibility index (Phi) is 3.21. The first-order chi connectivity index (χ1) is 4.88. The van der Waals surface area contributed by atoms with Gasteiger partial charge in [-0.3, -0.25) is 3.53 Å². The summed E-state index contributed by atoms with van der Waals surface area (Å²) in [5.41, 5.74) is 0. The number of rotatable bonds is 2. The van der Waals surface area contributed by atoms with Crippen molar-refractivity contribution < 1.29 is 4.74 Å². The summed E-state index contributed by atoms with van der Waals surface area (Å²) in [6, 6.07) is 0.357. The molecule has 0 aliphatic heterocycles. The van der Waals surface area contributed by atoms with Gasteiger partial charge in [0, 0.05) is 22.9 Å². The van der Waals surface area contributed by atoms with E-state index >= 15 is 0 Å². The predicted molar refractivity (Wildman–Crippen MR) is 49.8 cm³/mol. The lowest BCUT2D eigenvalue weighted by atomic mass is 10.1. The highest BCUT2D eigenvalue weighted by atomic mass is 127. The van der Waals surface area contributed by atoms with Gasteiger partial charge in [-0.05, 0) is 12.5 Å². The van der Waals surface area contributed by atoms with Crippen LogP contribution in [0, 0.1) is 0 Å². The third-order valence-corrected chi connectivity index (χ3v) is 2.23. The molecule has 1 aliphatic rings. The van der Waals surface area contributed by atoms with Crippen LogP contribution in [0.25, 0.3) is 0 Å². The molecule has 0 aromatic heterocycles. The van der Waals surface area contributed by atoms with Gasteiger partial charge in [-0.25, -0.2) is 0 Å². The molecule has 1 aliphatic carbocycles. The molecule has 0 aromatic carbocycles. The molecule has 1 rings (SSSR count). The minimum Gasteiger partial charge on any atom is -0.499 e. The minimum atomic E-state index is 0.357. The fourth-order valence-electron chi connectivity index (χ4n) is 0.918. The van der Waals surface area contributed by atoms with Crippen molar-refractivity contribution in [3.63, 3.8) is 0 Å². The topological polar surface area (TPSA) is 21.3 Å². The van der Waals surface area contributed by atoms with Crippen LogP contribution in [-0.2, 0) is 4.74 Å². The highest BCUT2D eigenvalue weighted by Gasteiger charge is 2.12. The van der Waals surface area contributed by atoms with Gasteiger partial charge in [-0.15, -0.1) is 0 Å². The van der Waals surface area contributed by atoms with Gasteiger partial charge in [0.2, 0.25) is 0 Å². The lowest BCUT2D eigenvalue weighted by Gasteiger charge is -2.17. The Morgan fingerprint density at radius 3 is 3.10 bits per heavy atom. The highest BCUT2D eigenvalue weighted by molar-refractivity contribution is 14.1. The number of halogens is 1. The van der Waals surface area contributed by atoms with Crippen LogP contribution in [0.5, 0.6) is 0 Å². The summed E-state index contributed by atoms with van der Waals surface area (Å²) in [5, 5.41) is 0. The molecule has 56 valence electrons. The third kappa shape index (κ3) is 1.73. The molecule has 1 N–H and O–H groups in total. The van der Waals surface area contributed by atoms with E-state index in [1.54, 1.807) is 7.11 Å². The first-order valence-electron chi connectivity index (χ1n) is 3.15. The monoisotopic (exact) mass is 251 g/mol. The number of methoxy groups -OCH3 is 1. The summed E-state index contributed by atoms with van der Waals surface area (Å²) in [6.07, 6.45) is 7.14. The molecular formula is C7H10INO. The van der Waals surface area contributed by atoms with Gasteiger partial charge < -0.3 is 4.74 Å². The van der Waals surface area contributed by atoms with E-state index in [0.29, 0.717) is 6.04 Å². The number of hydrogen-bond donors (Lipinski definition) is 1. The summed E-state index contributed by atoms with van der Waals surface area (Å²) in [4.78, 5) is 0. The Morgan fingerprint density at radius 1 is 1.80 bits per heavy atom. The molecule has 0 bridgehead atoms. The number of ether oxygens (including phenoxy) is 1. The lowest BCUT2D eigenvalue weighted by Crippen LogP contribution is -2.24. The van der Waals surface area contributed by atoms with E-state index in [2.05, 4.69) is 32.5 Å². The van der Waals surface area contributed by atoms with Crippen LogP contribution in [-0.4, -0.2) is 13.2 Å². The van der Waals surface area contributed by atoms with E-state index in [1.807, 2.05) is 12.2 Å². The van der Waals surface area contributed by atoms with E-state index < -0.39 is 0 Å². The van der Waals surface area contributed by atoms with E-state index in [4.69, 9.17) is 4.74 Å². The fourth-order valence-corrected chi connectivity index (χ4v) is 1.48. The van der Waals surface area contributed by atoms with Crippen LogP contribution in [0.2, 0.25) is 0 Å². The van der Waals surface area contributed by atoms with Crippen LogP contribution < -0.4 is 3.53 Å². The van der Waals surface area contributed by atoms with Crippen LogP contribution >= 0.6 is 22.9 Å². The van der Waals surface area contributed by atoms with Crippen molar-refractivity contribution in [2.75, 3.05) is 7.11 Å². The van der Waals surface area contributed by atoms with Crippen molar-refractivity contribution in [1.82, 2.24) is 3.53 Å². The van der Waals surface area contributed by atoms with Gasteiger partial charge in [0.05, 0.1) is 13.2 Å². The Hall–Kier alpha value is -0.0300. The maximum Gasteiger partial charge on any atom is 0.113 e. The quantitative estimate of drug-likeness (QED) is 0.596. The summed E-state index contributed by atoms with van der Waals surface area (Å²) < 4.78 is 8.27. The Labute approximate surface area is 74.8 Å². The molecule has 1 unspecified atom stereocenters. The summed E-state index contributed by atoms with van der Waals surface area (Å²) in [6.45, 7) is 0. The fraction of sp³-hybridized carbons (Fsp3) is 0.429. The molecule has 0 radical (unpaired) electrons. The second-order valence-corrected chi connectivity index (χ2v) is 2.72. The van der Waals surface area contributed by atoms with Crippen molar-refractivity contribution in [2.45, 2.75) is 12.5 Å². The second-order valence-electron chi connectivity index (χ2n) is 2.10. The molecule has 1 atom stereocenters. The van der Waals surface area contributed by atoms with Crippen LogP contribution in [0.1, 0.15) is 6.42 Å². The first-order valence-corrected chi connectivity index (χ1v) is 4.23. The van der Waals surface area contributed by atoms with Crippen molar-refractivity contribution in [3.05, 3.63) is 24.0 Å². The van der Waals surface area contributed by atoms with Gasteiger partial charge in [0.25, 0.3) is 0 Å². The zero-order valence-corrected chi connectivity index (χ0v) is 7.96. The van der Waals surface area contributed by atoms with Crippen LogP contribution in [0.3, 0.4) is 0 Å². The van der Waals surface area contributed by atoms with Gasteiger partial charge in [-0.1, -0.05) is 12.2 Å². The Bertz CT molecular complexity index is 165. The van der Waals surface area contributed by atoms with Crippen LogP contribution in [0.15, 0.2) is 24.0 Å². The Balaban J connectivity index is 2.61. The lowest BCUT2D eigenvalue weighted by molar-refractivity contribution is 0.260. The molecule has 0 aromatic rings. The average Bonchev–Trinajstić information content (AvgIpc) is 2.04. The molecule has 0 heterocycles. The van der Waals surface area contributed by atoms with Crippen molar-refractivity contribution >= 4 is 22.9 Å². The second kappa shape index (κ2) is 3.98. The van der Waals surface area contributed by atoms with Gasteiger partial charge in [0.15, 0.2) is 0 Å². The number of hydrogen-bond acceptors (Lipinski definition) is 2. The van der Waals surface area contributed by atoms with E-state index in [9.17, 15) is 0 Å². The van der Waals surface area contributed by atoms with Crippen molar-refractivity contribution in [1.29, 1.82) is 0 Å². The van der Waals surface area contributed by atoms with Gasteiger partial charge >= 0.3 is 0 Å². The largest absolute Gasteiger partial charge is 0.499 e. The maximum absolute atomic E-state index is 5.14. The molecule has 0 fully saturated rings. The average molecular weight is 251 g/mol. The van der Waals surface area contributed by atoms with E-state index in [0.717, 1.165) is 12.2 Å². The smallest absolute Gasteiger partial charge is 0.113 e. The minimum absolute atomic E-state index is 0.357. The zero-order valence-electron chi connectivity index (χ0n) is 5.80. The maximum atomic E-state index is 5.14. The van der Waals surface area contributed by atoms with Crippen molar-refractivity contribution in [2.24, 2.45) is 0 Å². The zero-order chi connectivity index (χ0) is 7.40. The first kappa shape index (κ1) is 8.07. The molecule has 0 amide bonds. The van der Waals surface area contributed by atoms with Gasteiger partial charge in [-0.2, -0.15) is 0 Å². The van der Waals surface area contributed by atoms with Crippen LogP contribution in [0.4, 0.5) is 0 Å². The summed E-state index contributed by atoms with van der Waals surface area (Å²) >= 11 is 2.14. The highest BCUT2D eigenvalue weighted by Crippen LogP contribution is 2.13. The number of allylic oxidation sites excluding steroid dienone is 2. The molecular weight excluding hydrogens is 241 g/mol. The molecule has 3 heteroatoms. The molecule has 10 heavy (non-hydrogen) atoms. The summed E-state index contributed by atoms with van der Waals surface area (Å²) in [7, 11) is 1.70. The van der Waals surface area contributed by atoms with Crippen molar-refractivity contribution in [3.8, 4) is 0 Å². The Morgan fingerprint density at radius 2 is 2.60 bits per heavy atom. The molecule has 0 saturated carbocycles. The molecule has 0 spiro atoms. The predicted octanol–water partition coefficient (Wildman–Crippen LogP) is 1.78. The van der Waals surface area contributed by atoms with E-state index in [1.165, 1.54) is 0 Å². The SMILES string of the molecule is COC1=CC=CCC1NI. The van der Waals surface area contributed by atoms with Gasteiger partial charge in [0.1, 0.15) is 5.76 Å². The normalized spacial score (nSPS) is 24.2. The standard InChI is InChI=1S/C7H10INO/c1-10-7-5-3-2-4-6(7)9-8/h2-3,5-6,9H,4H2,1H3.